The Bertz CT molecular complexity index is 311. The Morgan fingerprint density at radius 2 is 1.87 bits per heavy atom. The van der Waals surface area contributed by atoms with Crippen LogP contribution in [0.15, 0.2) is 12.4 Å². The first-order valence-electron chi connectivity index (χ1n) is 5.71. The van der Waals surface area contributed by atoms with Gasteiger partial charge in [0.15, 0.2) is 0 Å². The van der Waals surface area contributed by atoms with Crippen molar-refractivity contribution in [2.45, 2.75) is 52.9 Å². The third kappa shape index (κ3) is 3.98. The second kappa shape index (κ2) is 4.73. The smallest absolute Gasteiger partial charge is 0.0643 e. The Morgan fingerprint density at radius 3 is 2.40 bits per heavy atom. The van der Waals surface area contributed by atoms with Gasteiger partial charge < -0.3 is 0 Å². The van der Waals surface area contributed by atoms with E-state index < -0.39 is 0 Å². The maximum atomic E-state index is 4.65. The van der Waals surface area contributed by atoms with E-state index in [1.54, 1.807) is 0 Å². The minimum atomic E-state index is 0.0981. The van der Waals surface area contributed by atoms with Gasteiger partial charge >= 0.3 is 0 Å². The third-order valence-electron chi connectivity index (χ3n) is 2.43. The van der Waals surface area contributed by atoms with E-state index >= 15 is 0 Å². The first kappa shape index (κ1) is 12.2. The molecule has 0 unspecified atom stereocenters. The normalized spacial score (nSPS) is 12.1. The highest BCUT2D eigenvalue weighted by atomic mass is 14.8. The van der Waals surface area contributed by atoms with Crippen molar-refractivity contribution in [1.29, 1.82) is 0 Å². The molecule has 15 heavy (non-hydrogen) atoms. The average Bonchev–Trinajstić information content (AvgIpc) is 2.14. The molecule has 0 aromatic carbocycles. The second-order valence-corrected chi connectivity index (χ2v) is 5.58. The molecule has 0 bridgehead atoms. The molecule has 0 amide bonds. The van der Waals surface area contributed by atoms with E-state index in [0.29, 0.717) is 0 Å². The van der Waals surface area contributed by atoms with Gasteiger partial charge in [0, 0.05) is 17.8 Å². The summed E-state index contributed by atoms with van der Waals surface area (Å²) in [6.07, 6.45) is 5.98. The average molecular weight is 206 g/mol. The highest BCUT2D eigenvalue weighted by Crippen LogP contribution is 2.19. The summed E-state index contributed by atoms with van der Waals surface area (Å²) in [5.41, 5.74) is 2.31. The van der Waals surface area contributed by atoms with Crippen LogP contribution in [-0.2, 0) is 11.8 Å². The summed E-state index contributed by atoms with van der Waals surface area (Å²) in [6.45, 7) is 11.0. The van der Waals surface area contributed by atoms with Crippen LogP contribution < -0.4 is 0 Å². The number of rotatable bonds is 3. The molecule has 2 heteroatoms. The highest BCUT2D eigenvalue weighted by molar-refractivity contribution is 5.11. The first-order valence-corrected chi connectivity index (χ1v) is 5.71. The molecule has 1 aromatic heterocycles. The van der Waals surface area contributed by atoms with Crippen LogP contribution >= 0.6 is 0 Å². The molecular formula is C13H22N2. The first-order chi connectivity index (χ1) is 6.89. The standard InChI is InChI=1S/C13H22N2/c1-10(2)6-7-11-8-14-9-12(15-11)13(3,4)5/h8-10H,6-7H2,1-5H3. The molecule has 0 spiro atoms. The minimum absolute atomic E-state index is 0.0981. The van der Waals surface area contributed by atoms with Gasteiger partial charge in [0.05, 0.1) is 11.4 Å². The van der Waals surface area contributed by atoms with Crippen molar-refractivity contribution < 1.29 is 0 Å². The third-order valence-corrected chi connectivity index (χ3v) is 2.43. The Kier molecular flexibility index (Phi) is 3.83. The molecular weight excluding hydrogens is 184 g/mol. The Morgan fingerprint density at radius 1 is 1.20 bits per heavy atom. The zero-order valence-electron chi connectivity index (χ0n) is 10.5. The number of nitrogens with zero attached hydrogens (tertiary/aromatic N) is 2. The summed E-state index contributed by atoms with van der Waals surface area (Å²) in [5.74, 6) is 0.727. The molecule has 0 aliphatic carbocycles. The van der Waals surface area contributed by atoms with Gasteiger partial charge in [-0.3, -0.25) is 9.97 Å². The molecule has 0 radical (unpaired) electrons. The van der Waals surface area contributed by atoms with Crippen molar-refractivity contribution in [2.75, 3.05) is 0 Å². The maximum Gasteiger partial charge on any atom is 0.0643 e. The second-order valence-electron chi connectivity index (χ2n) is 5.58. The summed E-state index contributed by atoms with van der Waals surface area (Å²) < 4.78 is 0. The summed E-state index contributed by atoms with van der Waals surface area (Å²) in [4.78, 5) is 8.92. The zero-order chi connectivity index (χ0) is 11.5. The summed E-state index contributed by atoms with van der Waals surface area (Å²) in [5, 5.41) is 0. The predicted molar refractivity (Wildman–Crippen MR) is 63.9 cm³/mol. The van der Waals surface area contributed by atoms with Crippen LogP contribution in [0.1, 0.15) is 52.4 Å². The van der Waals surface area contributed by atoms with Crippen molar-refractivity contribution in [2.24, 2.45) is 5.92 Å². The van der Waals surface area contributed by atoms with Crippen molar-refractivity contribution in [3.63, 3.8) is 0 Å². The summed E-state index contributed by atoms with van der Waals surface area (Å²) >= 11 is 0. The van der Waals surface area contributed by atoms with Gasteiger partial charge in [0.1, 0.15) is 0 Å². The van der Waals surface area contributed by atoms with Crippen LogP contribution in [0.25, 0.3) is 0 Å². The monoisotopic (exact) mass is 206 g/mol. The molecule has 1 heterocycles. The Balaban J connectivity index is 2.75. The Hall–Kier alpha value is -0.920. The van der Waals surface area contributed by atoms with Crippen LogP contribution in [0.2, 0.25) is 0 Å². The minimum Gasteiger partial charge on any atom is -0.261 e. The van der Waals surface area contributed by atoms with E-state index in [0.717, 1.165) is 23.7 Å². The number of hydrogen-bond donors (Lipinski definition) is 0. The predicted octanol–water partition coefficient (Wildman–Crippen LogP) is 3.36. The summed E-state index contributed by atoms with van der Waals surface area (Å²) in [6, 6.07) is 0. The zero-order valence-corrected chi connectivity index (χ0v) is 10.5. The maximum absolute atomic E-state index is 4.65. The van der Waals surface area contributed by atoms with E-state index in [4.69, 9.17) is 0 Å². The van der Waals surface area contributed by atoms with Crippen molar-refractivity contribution >= 4 is 0 Å². The molecule has 2 nitrogen and oxygen atoms in total. The van der Waals surface area contributed by atoms with Gasteiger partial charge in [0.2, 0.25) is 0 Å². The number of hydrogen-bond acceptors (Lipinski definition) is 2. The fraction of sp³-hybridized carbons (Fsp3) is 0.692. The fourth-order valence-corrected chi connectivity index (χ4v) is 1.32. The molecule has 0 saturated heterocycles. The lowest BCUT2D eigenvalue weighted by Crippen LogP contribution is -2.15. The van der Waals surface area contributed by atoms with Crippen LogP contribution in [0.4, 0.5) is 0 Å². The lowest BCUT2D eigenvalue weighted by molar-refractivity contribution is 0.549. The highest BCUT2D eigenvalue weighted by Gasteiger charge is 2.15. The van der Waals surface area contributed by atoms with Crippen LogP contribution in [-0.4, -0.2) is 9.97 Å². The Labute approximate surface area is 93.2 Å². The molecule has 0 aliphatic rings. The topological polar surface area (TPSA) is 25.8 Å². The molecule has 0 aliphatic heterocycles. The molecule has 0 fully saturated rings. The van der Waals surface area contributed by atoms with Gasteiger partial charge in [-0.15, -0.1) is 0 Å². The molecule has 0 N–H and O–H groups in total. The molecule has 84 valence electrons. The molecule has 0 saturated carbocycles. The van der Waals surface area contributed by atoms with Crippen molar-refractivity contribution in [3.8, 4) is 0 Å². The quantitative estimate of drug-likeness (QED) is 0.758. The van der Waals surface area contributed by atoms with E-state index in [2.05, 4.69) is 44.6 Å². The van der Waals surface area contributed by atoms with E-state index in [-0.39, 0.29) is 5.41 Å². The summed E-state index contributed by atoms with van der Waals surface area (Å²) in [7, 11) is 0. The van der Waals surface area contributed by atoms with Gasteiger partial charge in [0.25, 0.3) is 0 Å². The van der Waals surface area contributed by atoms with Gasteiger partial charge in [-0.2, -0.15) is 0 Å². The van der Waals surface area contributed by atoms with Gasteiger partial charge in [-0.05, 0) is 18.8 Å². The lowest BCUT2D eigenvalue weighted by Gasteiger charge is -2.17. The number of aromatic nitrogens is 2. The molecule has 1 aromatic rings. The molecule has 0 atom stereocenters. The fourth-order valence-electron chi connectivity index (χ4n) is 1.32. The molecule has 1 rings (SSSR count). The van der Waals surface area contributed by atoms with Crippen LogP contribution in [0.3, 0.4) is 0 Å². The van der Waals surface area contributed by atoms with Gasteiger partial charge in [-0.25, -0.2) is 0 Å². The van der Waals surface area contributed by atoms with E-state index in [1.807, 2.05) is 12.4 Å². The van der Waals surface area contributed by atoms with Crippen molar-refractivity contribution in [1.82, 2.24) is 9.97 Å². The SMILES string of the molecule is CC(C)CCc1cncc(C(C)(C)C)n1. The van der Waals surface area contributed by atoms with Crippen LogP contribution in [0.5, 0.6) is 0 Å². The van der Waals surface area contributed by atoms with Crippen LogP contribution in [0, 0.1) is 5.92 Å². The largest absolute Gasteiger partial charge is 0.261 e. The lowest BCUT2D eigenvalue weighted by atomic mass is 9.92. The van der Waals surface area contributed by atoms with Gasteiger partial charge in [-0.1, -0.05) is 34.6 Å². The number of aryl methyl sites for hydroxylation is 1. The van der Waals surface area contributed by atoms with E-state index in [9.17, 15) is 0 Å². The van der Waals surface area contributed by atoms with E-state index in [1.165, 1.54) is 6.42 Å². The van der Waals surface area contributed by atoms with Crippen molar-refractivity contribution in [3.05, 3.63) is 23.8 Å².